The van der Waals surface area contributed by atoms with Crippen molar-refractivity contribution in [2.24, 2.45) is 0 Å². The second kappa shape index (κ2) is 3.94. The summed E-state index contributed by atoms with van der Waals surface area (Å²) in [6.07, 6.45) is 0. The summed E-state index contributed by atoms with van der Waals surface area (Å²) in [5, 5.41) is 0. The molecule has 0 fully saturated rings. The lowest BCUT2D eigenvalue weighted by atomic mass is 10.6. The average molecular weight is 183 g/mol. The molecule has 0 aromatic carbocycles. The van der Waals surface area contributed by atoms with Crippen molar-refractivity contribution >= 4 is 23.2 Å². The number of hydrogen-bond donors (Lipinski definition) is 0. The van der Waals surface area contributed by atoms with Gasteiger partial charge in [-0.2, -0.15) is 0 Å². The van der Waals surface area contributed by atoms with Gasteiger partial charge in [-0.1, -0.05) is 23.2 Å². The molecule has 0 rings (SSSR count). The predicted octanol–water partition coefficient (Wildman–Crippen LogP) is 1.71. The molecule has 0 bridgehead atoms. The third kappa shape index (κ3) is 2.67. The molecule has 0 aliphatic carbocycles. The molecule has 0 aromatic heterocycles. The summed E-state index contributed by atoms with van der Waals surface area (Å²) in [4.78, 5) is 3.71. The van der Waals surface area contributed by atoms with Crippen molar-refractivity contribution in [3.8, 4) is 0 Å². The van der Waals surface area contributed by atoms with E-state index in [2.05, 4.69) is 0 Å². The molecule has 0 heterocycles. The molecule has 0 atom stereocenters. The first-order chi connectivity index (χ1) is 4.46. The maximum atomic E-state index is 5.60. The maximum absolute atomic E-state index is 5.60. The van der Waals surface area contributed by atoms with Gasteiger partial charge in [-0.3, -0.25) is 0 Å². The van der Waals surface area contributed by atoms with Crippen molar-refractivity contribution in [3.05, 3.63) is 10.3 Å². The Labute approximate surface area is 72.0 Å². The van der Waals surface area contributed by atoms with Crippen molar-refractivity contribution in [3.63, 3.8) is 0 Å². The van der Waals surface area contributed by atoms with Crippen LogP contribution in [0.5, 0.6) is 0 Å². The predicted molar refractivity (Wildman–Crippen MR) is 46.1 cm³/mol. The van der Waals surface area contributed by atoms with Crippen molar-refractivity contribution in [2.75, 3.05) is 28.2 Å². The first-order valence-corrected chi connectivity index (χ1v) is 3.62. The fourth-order valence-corrected chi connectivity index (χ4v) is 1.41. The SMILES string of the molecule is CN(C)C(=C(Cl)Cl)N(C)C. The van der Waals surface area contributed by atoms with Crippen molar-refractivity contribution in [1.82, 2.24) is 9.80 Å². The van der Waals surface area contributed by atoms with Gasteiger partial charge in [0.05, 0.1) is 0 Å². The van der Waals surface area contributed by atoms with Gasteiger partial charge < -0.3 is 9.80 Å². The summed E-state index contributed by atoms with van der Waals surface area (Å²) in [5.41, 5.74) is 0. The van der Waals surface area contributed by atoms with Crippen LogP contribution in [0.15, 0.2) is 10.3 Å². The fourth-order valence-electron chi connectivity index (χ4n) is 0.738. The van der Waals surface area contributed by atoms with Crippen LogP contribution in [0.2, 0.25) is 0 Å². The third-order valence-corrected chi connectivity index (χ3v) is 1.35. The van der Waals surface area contributed by atoms with E-state index in [0.29, 0.717) is 0 Å². The fraction of sp³-hybridized carbons (Fsp3) is 0.667. The Kier molecular flexibility index (Phi) is 3.91. The summed E-state index contributed by atoms with van der Waals surface area (Å²) in [6.45, 7) is 0. The van der Waals surface area contributed by atoms with Crippen LogP contribution in [0.4, 0.5) is 0 Å². The van der Waals surface area contributed by atoms with Crippen molar-refractivity contribution in [2.45, 2.75) is 0 Å². The van der Waals surface area contributed by atoms with E-state index in [0.717, 1.165) is 5.82 Å². The molecule has 0 unspecified atom stereocenters. The molecule has 0 radical (unpaired) electrons. The summed E-state index contributed by atoms with van der Waals surface area (Å²) in [6, 6.07) is 0. The molecule has 0 N–H and O–H groups in total. The largest absolute Gasteiger partial charge is 0.362 e. The van der Waals surface area contributed by atoms with Crippen LogP contribution in [-0.4, -0.2) is 38.0 Å². The second-order valence-corrected chi connectivity index (χ2v) is 3.32. The zero-order chi connectivity index (χ0) is 8.31. The minimum Gasteiger partial charge on any atom is -0.362 e. The number of hydrogen-bond acceptors (Lipinski definition) is 2. The van der Waals surface area contributed by atoms with E-state index in [9.17, 15) is 0 Å². The van der Waals surface area contributed by atoms with Gasteiger partial charge in [0.2, 0.25) is 0 Å². The second-order valence-electron chi connectivity index (χ2n) is 2.37. The van der Waals surface area contributed by atoms with Gasteiger partial charge in [-0.05, 0) is 0 Å². The molecule has 2 nitrogen and oxygen atoms in total. The highest BCUT2D eigenvalue weighted by Crippen LogP contribution is 2.16. The van der Waals surface area contributed by atoms with Gasteiger partial charge in [0.1, 0.15) is 10.3 Å². The molecule has 0 amide bonds. The Bertz CT molecular complexity index is 127. The van der Waals surface area contributed by atoms with E-state index in [4.69, 9.17) is 23.2 Å². The highest BCUT2D eigenvalue weighted by atomic mass is 35.5. The normalized spacial score (nSPS) is 9.00. The van der Waals surface area contributed by atoms with Gasteiger partial charge in [0, 0.05) is 28.2 Å². The molecule has 0 saturated carbocycles. The number of nitrogens with zero attached hydrogens (tertiary/aromatic N) is 2. The van der Waals surface area contributed by atoms with Crippen molar-refractivity contribution in [1.29, 1.82) is 0 Å². The third-order valence-electron chi connectivity index (χ3n) is 1.02. The van der Waals surface area contributed by atoms with Crippen LogP contribution in [0.3, 0.4) is 0 Å². The molecule has 0 aliphatic heterocycles. The van der Waals surface area contributed by atoms with E-state index in [-0.39, 0.29) is 4.49 Å². The van der Waals surface area contributed by atoms with E-state index in [1.165, 1.54) is 0 Å². The molecular formula is C6H12Cl2N2. The Morgan fingerprint density at radius 1 is 0.900 bits per heavy atom. The molecular weight excluding hydrogens is 171 g/mol. The van der Waals surface area contributed by atoms with Crippen LogP contribution < -0.4 is 0 Å². The number of halogens is 2. The Morgan fingerprint density at radius 2 is 1.20 bits per heavy atom. The van der Waals surface area contributed by atoms with Crippen molar-refractivity contribution < 1.29 is 0 Å². The molecule has 4 heteroatoms. The van der Waals surface area contributed by atoms with Crippen LogP contribution in [0.1, 0.15) is 0 Å². The molecule has 0 aromatic rings. The van der Waals surface area contributed by atoms with Crippen LogP contribution in [0.25, 0.3) is 0 Å². The van der Waals surface area contributed by atoms with Gasteiger partial charge in [-0.15, -0.1) is 0 Å². The minimum absolute atomic E-state index is 0.287. The van der Waals surface area contributed by atoms with E-state index < -0.39 is 0 Å². The van der Waals surface area contributed by atoms with Gasteiger partial charge in [-0.25, -0.2) is 0 Å². The lowest BCUT2D eigenvalue weighted by Crippen LogP contribution is -2.24. The van der Waals surface area contributed by atoms with E-state index >= 15 is 0 Å². The first-order valence-electron chi connectivity index (χ1n) is 2.86. The van der Waals surface area contributed by atoms with Crippen LogP contribution >= 0.6 is 23.2 Å². The number of rotatable bonds is 2. The van der Waals surface area contributed by atoms with E-state index in [1.807, 2.05) is 38.0 Å². The average Bonchev–Trinajstić information content (AvgIpc) is 1.59. The van der Waals surface area contributed by atoms with Crippen LogP contribution in [0, 0.1) is 0 Å². The molecule has 60 valence electrons. The highest BCUT2D eigenvalue weighted by Gasteiger charge is 2.06. The Balaban J connectivity index is 4.44. The quantitative estimate of drug-likeness (QED) is 0.643. The van der Waals surface area contributed by atoms with Gasteiger partial charge in [0.25, 0.3) is 0 Å². The first kappa shape index (κ1) is 9.92. The van der Waals surface area contributed by atoms with Gasteiger partial charge in [0.15, 0.2) is 0 Å². The highest BCUT2D eigenvalue weighted by molar-refractivity contribution is 6.56. The molecule has 0 spiro atoms. The summed E-state index contributed by atoms with van der Waals surface area (Å²) < 4.78 is 0.287. The van der Waals surface area contributed by atoms with E-state index in [1.54, 1.807) is 0 Å². The Morgan fingerprint density at radius 3 is 1.20 bits per heavy atom. The summed E-state index contributed by atoms with van der Waals surface area (Å²) in [5.74, 6) is 0.809. The monoisotopic (exact) mass is 182 g/mol. The zero-order valence-corrected chi connectivity index (χ0v) is 8.16. The Hall–Kier alpha value is -0.0800. The standard InChI is InChI=1S/C6H12Cl2N2/c1-9(2)6(5(7)8)10(3)4/h1-4H3. The zero-order valence-electron chi connectivity index (χ0n) is 6.65. The van der Waals surface area contributed by atoms with Crippen LogP contribution in [-0.2, 0) is 0 Å². The molecule has 0 saturated heterocycles. The molecule has 0 aliphatic rings. The molecule has 10 heavy (non-hydrogen) atoms. The van der Waals surface area contributed by atoms with Gasteiger partial charge >= 0.3 is 0 Å². The minimum atomic E-state index is 0.287. The summed E-state index contributed by atoms with van der Waals surface area (Å²) in [7, 11) is 7.56. The summed E-state index contributed by atoms with van der Waals surface area (Å²) >= 11 is 11.2. The topological polar surface area (TPSA) is 6.48 Å². The lowest BCUT2D eigenvalue weighted by molar-refractivity contribution is 0.342. The maximum Gasteiger partial charge on any atom is 0.147 e. The lowest BCUT2D eigenvalue weighted by Gasteiger charge is -2.24. The smallest absolute Gasteiger partial charge is 0.147 e.